The first kappa shape index (κ1) is 28.5. The van der Waals surface area contributed by atoms with Crippen molar-refractivity contribution < 1.29 is 17.5 Å². The molecule has 1 aliphatic rings. The number of halogens is 2. The Morgan fingerprint density at radius 1 is 1.14 bits per heavy atom. The van der Waals surface area contributed by atoms with Gasteiger partial charge in [0.25, 0.3) is 0 Å². The molecule has 13 heteroatoms. The van der Waals surface area contributed by atoms with Crippen LogP contribution in [0.15, 0.2) is 55.0 Å². The van der Waals surface area contributed by atoms with Gasteiger partial charge in [0, 0.05) is 41.7 Å². The summed E-state index contributed by atoms with van der Waals surface area (Å²) in [5.74, 6) is 1.01. The summed E-state index contributed by atoms with van der Waals surface area (Å²) in [5.41, 5.74) is 4.81. The van der Waals surface area contributed by atoms with E-state index in [9.17, 15) is 12.8 Å². The summed E-state index contributed by atoms with van der Waals surface area (Å²) in [6, 6.07) is 11.7. The molecule has 3 heterocycles. The van der Waals surface area contributed by atoms with Crippen LogP contribution in [-0.2, 0) is 35.8 Å². The molecular weight excluding hydrogens is 599 g/mol. The molecule has 3 aromatic heterocycles. The summed E-state index contributed by atoms with van der Waals surface area (Å²) in [6.45, 7) is 1.90. The Kier molecular flexibility index (Phi) is 8.13. The smallest absolute Gasteiger partial charge is 0.148 e. The number of nitrogens with one attached hydrogen (secondary N) is 2. The van der Waals surface area contributed by atoms with Crippen LogP contribution in [-0.4, -0.2) is 53.3 Å². The number of aromatic nitrogens is 4. The molecule has 0 atom stereocenters. The molecule has 0 aliphatic heterocycles. The second-order valence-electron chi connectivity index (χ2n) is 10.1. The van der Waals surface area contributed by atoms with Gasteiger partial charge in [0.1, 0.15) is 45.0 Å². The van der Waals surface area contributed by atoms with Crippen molar-refractivity contribution in [2.75, 3.05) is 30.4 Å². The van der Waals surface area contributed by atoms with Crippen LogP contribution >= 0.6 is 22.9 Å². The van der Waals surface area contributed by atoms with Crippen LogP contribution in [0.25, 0.3) is 20.7 Å². The lowest BCUT2D eigenvalue weighted by Crippen LogP contribution is -2.26. The number of benzene rings is 2. The molecule has 2 N–H and O–H groups in total. The van der Waals surface area contributed by atoms with E-state index in [0.29, 0.717) is 41.8 Å². The monoisotopic (exact) mass is 626 g/mol. The Morgan fingerprint density at radius 3 is 2.83 bits per heavy atom. The van der Waals surface area contributed by atoms with E-state index in [1.54, 1.807) is 41.9 Å². The third kappa shape index (κ3) is 6.41. The molecule has 0 unspecified atom stereocenters. The molecule has 5 aromatic rings. The van der Waals surface area contributed by atoms with Crippen LogP contribution < -0.4 is 15.4 Å². The quantitative estimate of drug-likeness (QED) is 0.188. The van der Waals surface area contributed by atoms with Gasteiger partial charge in [-0.1, -0.05) is 23.7 Å². The fourth-order valence-corrected chi connectivity index (χ4v) is 6.90. The summed E-state index contributed by atoms with van der Waals surface area (Å²) < 4.78 is 43.9. The Morgan fingerprint density at radius 2 is 2.02 bits per heavy atom. The number of nitrogens with zero attached hydrogens (tertiary/aromatic N) is 4. The zero-order chi connectivity index (χ0) is 29.3. The van der Waals surface area contributed by atoms with E-state index in [-0.39, 0.29) is 18.2 Å². The van der Waals surface area contributed by atoms with Crippen molar-refractivity contribution in [1.82, 2.24) is 25.1 Å². The minimum absolute atomic E-state index is 0.117. The number of ether oxygens (including phenoxy) is 1. The van der Waals surface area contributed by atoms with E-state index >= 15 is 0 Å². The van der Waals surface area contributed by atoms with E-state index in [0.717, 1.165) is 44.9 Å². The van der Waals surface area contributed by atoms with Gasteiger partial charge in [-0.2, -0.15) is 5.10 Å². The SMILES string of the molecule is CS(=O)(=O)CCNCCn1cc2c(n1)CCc1c-2sc2ncnc(Nc3ccc(OCc4cccc(F)c4)c(Cl)c3)c12. The van der Waals surface area contributed by atoms with E-state index in [1.807, 2.05) is 10.7 Å². The molecule has 0 bridgehead atoms. The normalized spacial score (nSPS) is 12.7. The first-order valence-electron chi connectivity index (χ1n) is 13.4. The highest BCUT2D eigenvalue weighted by Crippen LogP contribution is 2.45. The van der Waals surface area contributed by atoms with Crippen LogP contribution in [0.2, 0.25) is 5.02 Å². The largest absolute Gasteiger partial charge is 0.487 e. The average Bonchev–Trinajstić information content (AvgIpc) is 3.53. The number of rotatable bonds is 11. The van der Waals surface area contributed by atoms with Crippen molar-refractivity contribution in [1.29, 1.82) is 0 Å². The van der Waals surface area contributed by atoms with Crippen molar-refractivity contribution >= 4 is 54.5 Å². The Balaban J connectivity index is 1.18. The maximum Gasteiger partial charge on any atom is 0.148 e. The lowest BCUT2D eigenvalue weighted by atomic mass is 9.95. The van der Waals surface area contributed by atoms with E-state index in [1.165, 1.54) is 24.0 Å². The van der Waals surface area contributed by atoms with Crippen LogP contribution in [0.3, 0.4) is 0 Å². The number of hydrogen-bond acceptors (Lipinski definition) is 9. The summed E-state index contributed by atoms with van der Waals surface area (Å²) in [6.07, 6.45) is 6.48. The number of thiophene rings is 1. The Bertz CT molecular complexity index is 1870. The zero-order valence-electron chi connectivity index (χ0n) is 22.7. The topological polar surface area (TPSA) is 111 Å². The van der Waals surface area contributed by atoms with Gasteiger partial charge in [0.05, 0.1) is 28.4 Å². The molecule has 0 fully saturated rings. The lowest BCUT2D eigenvalue weighted by molar-refractivity contribution is 0.306. The van der Waals surface area contributed by atoms with Crippen LogP contribution in [0.1, 0.15) is 16.8 Å². The van der Waals surface area contributed by atoms with E-state index in [4.69, 9.17) is 21.4 Å². The highest BCUT2D eigenvalue weighted by Gasteiger charge is 2.26. The molecule has 0 amide bonds. The Labute approximate surface area is 251 Å². The number of anilines is 2. The van der Waals surface area contributed by atoms with Gasteiger partial charge in [-0.3, -0.25) is 4.68 Å². The molecule has 9 nitrogen and oxygen atoms in total. The van der Waals surface area contributed by atoms with Crippen molar-refractivity contribution in [2.45, 2.75) is 26.0 Å². The number of fused-ring (bicyclic) bond motifs is 5. The minimum Gasteiger partial charge on any atom is -0.487 e. The molecule has 0 saturated heterocycles. The summed E-state index contributed by atoms with van der Waals surface area (Å²) in [7, 11) is -2.98. The van der Waals surface area contributed by atoms with Crippen LogP contribution in [0.4, 0.5) is 15.9 Å². The molecule has 42 heavy (non-hydrogen) atoms. The fourth-order valence-electron chi connectivity index (χ4n) is 4.93. The molecular formula is C29H28ClFN6O3S2. The van der Waals surface area contributed by atoms with Gasteiger partial charge in [0.15, 0.2) is 0 Å². The molecule has 0 spiro atoms. The van der Waals surface area contributed by atoms with E-state index < -0.39 is 9.84 Å². The van der Waals surface area contributed by atoms with Gasteiger partial charge in [-0.05, 0) is 54.3 Å². The van der Waals surface area contributed by atoms with Crippen molar-refractivity contribution in [3.05, 3.63) is 82.6 Å². The van der Waals surface area contributed by atoms with Crippen LogP contribution in [0, 0.1) is 5.82 Å². The maximum absolute atomic E-state index is 13.5. The van der Waals surface area contributed by atoms with Gasteiger partial charge >= 0.3 is 0 Å². The van der Waals surface area contributed by atoms with Crippen molar-refractivity contribution in [3.8, 4) is 16.2 Å². The summed E-state index contributed by atoms with van der Waals surface area (Å²) in [5, 5.41) is 12.8. The molecule has 6 rings (SSSR count). The summed E-state index contributed by atoms with van der Waals surface area (Å²) in [4.78, 5) is 11.1. The second-order valence-corrected chi connectivity index (χ2v) is 13.8. The highest BCUT2D eigenvalue weighted by molar-refractivity contribution is 7.90. The van der Waals surface area contributed by atoms with Gasteiger partial charge in [0.2, 0.25) is 0 Å². The zero-order valence-corrected chi connectivity index (χ0v) is 25.1. The second kappa shape index (κ2) is 12.0. The number of hydrogen-bond donors (Lipinski definition) is 2. The molecule has 218 valence electrons. The fraction of sp³-hybridized carbons (Fsp3) is 0.276. The van der Waals surface area contributed by atoms with Gasteiger partial charge in [-0.25, -0.2) is 22.8 Å². The standard InChI is InChI=1S/C29H28ClFN6O3S2/c1-42(38,39)12-10-32-9-11-37-15-22-24(36-37)7-6-21-26-28(33-17-34-29(26)41-27(21)22)35-20-5-8-25(23(30)14-20)40-16-18-3-2-4-19(31)13-18/h2-5,8,13-15,17,32H,6-7,9-12,16H2,1H3,(H,33,34,35). The Hall–Kier alpha value is -3.58. The molecule has 0 saturated carbocycles. The maximum atomic E-state index is 13.5. The van der Waals surface area contributed by atoms with Gasteiger partial charge < -0.3 is 15.4 Å². The lowest BCUT2D eigenvalue weighted by Gasteiger charge is -2.13. The predicted octanol–water partition coefficient (Wildman–Crippen LogP) is 5.40. The molecule has 2 aromatic carbocycles. The average molecular weight is 627 g/mol. The van der Waals surface area contributed by atoms with Crippen molar-refractivity contribution in [3.63, 3.8) is 0 Å². The third-order valence-corrected chi connectivity index (χ3v) is 9.34. The van der Waals surface area contributed by atoms with Crippen molar-refractivity contribution in [2.24, 2.45) is 0 Å². The third-order valence-electron chi connectivity index (χ3n) is 6.93. The highest BCUT2D eigenvalue weighted by atomic mass is 35.5. The predicted molar refractivity (Wildman–Crippen MR) is 164 cm³/mol. The molecule has 1 aliphatic carbocycles. The van der Waals surface area contributed by atoms with E-state index in [2.05, 4.69) is 26.8 Å². The van der Waals surface area contributed by atoms with Gasteiger partial charge in [-0.15, -0.1) is 11.3 Å². The first-order valence-corrected chi connectivity index (χ1v) is 16.6. The number of sulfone groups is 1. The summed E-state index contributed by atoms with van der Waals surface area (Å²) >= 11 is 8.15. The number of aryl methyl sites for hydroxylation is 2. The first-order chi connectivity index (χ1) is 20.2. The minimum atomic E-state index is -2.98. The van der Waals surface area contributed by atoms with Crippen LogP contribution in [0.5, 0.6) is 5.75 Å². The molecule has 0 radical (unpaired) electrons.